The fraction of sp³-hybridized carbons (Fsp3) is 0.231. The number of nitrogens with one attached hydrogen (secondary N) is 1. The number of thiazole rings is 1. The summed E-state index contributed by atoms with van der Waals surface area (Å²) in [5.41, 5.74) is 2.00. The minimum absolute atomic E-state index is 0.204. The van der Waals surface area contributed by atoms with Gasteiger partial charge >= 0.3 is 5.97 Å². The van der Waals surface area contributed by atoms with E-state index >= 15 is 0 Å². The fourth-order valence-corrected chi connectivity index (χ4v) is 2.91. The summed E-state index contributed by atoms with van der Waals surface area (Å²) in [7, 11) is 0. The van der Waals surface area contributed by atoms with E-state index in [-0.39, 0.29) is 12.3 Å². The first kappa shape index (κ1) is 15.4. The summed E-state index contributed by atoms with van der Waals surface area (Å²) in [6.45, 7) is 3.82. The van der Waals surface area contributed by atoms with E-state index < -0.39 is 5.97 Å². The SMILES string of the molecule is CCOC(=O)c1nc(Br)sc1Nc1cc(C#N)cnc1C. The van der Waals surface area contributed by atoms with E-state index in [1.165, 1.54) is 17.5 Å². The highest BCUT2D eigenvalue weighted by Crippen LogP contribution is 2.32. The predicted octanol–water partition coefficient (Wildman–Crippen LogP) is 3.40. The molecule has 0 aliphatic rings. The van der Waals surface area contributed by atoms with Crippen LogP contribution in [0, 0.1) is 18.3 Å². The molecule has 0 aromatic carbocycles. The highest BCUT2D eigenvalue weighted by atomic mass is 79.9. The minimum Gasteiger partial charge on any atom is -0.461 e. The van der Waals surface area contributed by atoms with E-state index in [0.717, 1.165) is 0 Å². The quantitative estimate of drug-likeness (QED) is 0.834. The number of ether oxygens (including phenoxy) is 1. The van der Waals surface area contributed by atoms with Gasteiger partial charge in [0.1, 0.15) is 11.1 Å². The molecule has 0 bridgehead atoms. The summed E-state index contributed by atoms with van der Waals surface area (Å²) in [5, 5.41) is 12.6. The second-order valence-electron chi connectivity index (χ2n) is 3.96. The van der Waals surface area contributed by atoms with Gasteiger partial charge in [0.2, 0.25) is 0 Å². The molecule has 0 fully saturated rings. The molecule has 21 heavy (non-hydrogen) atoms. The van der Waals surface area contributed by atoms with Crippen LogP contribution in [0.1, 0.15) is 28.7 Å². The number of nitriles is 1. The zero-order valence-electron chi connectivity index (χ0n) is 11.3. The lowest BCUT2D eigenvalue weighted by atomic mass is 10.2. The number of anilines is 2. The van der Waals surface area contributed by atoms with Crippen molar-refractivity contribution in [3.05, 3.63) is 33.1 Å². The Hall–Kier alpha value is -1.98. The van der Waals surface area contributed by atoms with Crippen LogP contribution in [0.3, 0.4) is 0 Å². The zero-order valence-corrected chi connectivity index (χ0v) is 13.7. The van der Waals surface area contributed by atoms with Crippen LogP contribution in [0.25, 0.3) is 0 Å². The predicted molar refractivity (Wildman–Crippen MR) is 82.7 cm³/mol. The summed E-state index contributed by atoms with van der Waals surface area (Å²) in [4.78, 5) is 20.1. The summed E-state index contributed by atoms with van der Waals surface area (Å²) in [6, 6.07) is 3.70. The smallest absolute Gasteiger partial charge is 0.360 e. The first-order chi connectivity index (χ1) is 10.0. The number of aryl methyl sites for hydroxylation is 1. The Kier molecular flexibility index (Phi) is 4.88. The minimum atomic E-state index is -0.496. The Morgan fingerprint density at radius 3 is 3.05 bits per heavy atom. The standard InChI is InChI=1S/C13H11BrN4O2S/c1-3-20-12(19)10-11(21-13(14)18-10)17-9-4-8(5-15)6-16-7(9)2/h4,6,17H,3H2,1-2H3. The average molecular weight is 367 g/mol. The van der Waals surface area contributed by atoms with Gasteiger partial charge in [0.05, 0.1) is 23.6 Å². The van der Waals surface area contributed by atoms with Gasteiger partial charge < -0.3 is 10.1 Å². The van der Waals surface area contributed by atoms with Crippen molar-refractivity contribution in [3.8, 4) is 6.07 Å². The Morgan fingerprint density at radius 2 is 2.38 bits per heavy atom. The Labute approximate surface area is 133 Å². The van der Waals surface area contributed by atoms with Crippen LogP contribution in [0.4, 0.5) is 10.7 Å². The van der Waals surface area contributed by atoms with Crippen molar-refractivity contribution in [3.63, 3.8) is 0 Å². The van der Waals surface area contributed by atoms with Crippen molar-refractivity contribution >= 4 is 43.9 Å². The number of carbonyl (C=O) groups is 1. The molecule has 0 spiro atoms. The maximum atomic E-state index is 11.9. The van der Waals surface area contributed by atoms with E-state index in [0.29, 0.717) is 25.9 Å². The fourth-order valence-electron chi connectivity index (χ4n) is 1.56. The normalized spacial score (nSPS) is 10.0. The molecule has 2 aromatic rings. The topological polar surface area (TPSA) is 87.9 Å². The van der Waals surface area contributed by atoms with E-state index in [1.54, 1.807) is 13.0 Å². The van der Waals surface area contributed by atoms with Crippen molar-refractivity contribution < 1.29 is 9.53 Å². The summed E-state index contributed by atoms with van der Waals surface area (Å²) < 4.78 is 5.54. The molecule has 1 N–H and O–H groups in total. The summed E-state index contributed by atoms with van der Waals surface area (Å²) in [6.07, 6.45) is 1.50. The van der Waals surface area contributed by atoms with Gasteiger partial charge in [-0.3, -0.25) is 4.98 Å². The number of aromatic nitrogens is 2. The number of hydrogen-bond acceptors (Lipinski definition) is 7. The summed E-state index contributed by atoms with van der Waals surface area (Å²) >= 11 is 4.52. The van der Waals surface area contributed by atoms with Crippen molar-refractivity contribution in [2.45, 2.75) is 13.8 Å². The largest absolute Gasteiger partial charge is 0.461 e. The number of halogens is 1. The molecule has 0 saturated carbocycles. The van der Waals surface area contributed by atoms with E-state index in [9.17, 15) is 4.79 Å². The number of nitrogens with zero attached hydrogens (tertiary/aromatic N) is 3. The molecule has 2 aromatic heterocycles. The van der Waals surface area contributed by atoms with E-state index in [4.69, 9.17) is 10.00 Å². The van der Waals surface area contributed by atoms with Crippen LogP contribution >= 0.6 is 27.3 Å². The monoisotopic (exact) mass is 366 g/mol. The van der Waals surface area contributed by atoms with Crippen LogP contribution in [0.15, 0.2) is 16.2 Å². The highest BCUT2D eigenvalue weighted by molar-refractivity contribution is 9.11. The highest BCUT2D eigenvalue weighted by Gasteiger charge is 2.19. The molecule has 0 atom stereocenters. The van der Waals surface area contributed by atoms with Crippen molar-refractivity contribution in [2.75, 3.05) is 11.9 Å². The van der Waals surface area contributed by atoms with Crippen LogP contribution in [-0.4, -0.2) is 22.5 Å². The molecule has 8 heteroatoms. The van der Waals surface area contributed by atoms with Gasteiger partial charge in [-0.2, -0.15) is 5.26 Å². The number of esters is 1. The van der Waals surface area contributed by atoms with Crippen molar-refractivity contribution in [2.24, 2.45) is 0 Å². The molecule has 2 rings (SSSR count). The maximum Gasteiger partial charge on any atom is 0.360 e. The molecule has 6 nitrogen and oxygen atoms in total. The Bertz CT molecular complexity index is 723. The van der Waals surface area contributed by atoms with Crippen LogP contribution in [0.2, 0.25) is 0 Å². The molecule has 108 valence electrons. The zero-order chi connectivity index (χ0) is 15.4. The van der Waals surface area contributed by atoms with Crippen LogP contribution in [-0.2, 0) is 4.74 Å². The van der Waals surface area contributed by atoms with Gasteiger partial charge in [-0.1, -0.05) is 11.3 Å². The lowest BCUT2D eigenvalue weighted by molar-refractivity contribution is 0.0521. The van der Waals surface area contributed by atoms with Crippen LogP contribution < -0.4 is 5.32 Å². The average Bonchev–Trinajstić information content (AvgIpc) is 2.82. The van der Waals surface area contributed by atoms with Gasteiger partial charge in [0.15, 0.2) is 9.61 Å². The lowest BCUT2D eigenvalue weighted by Gasteiger charge is -2.08. The third-order valence-corrected chi connectivity index (χ3v) is 3.96. The number of hydrogen-bond donors (Lipinski definition) is 1. The second-order valence-corrected chi connectivity index (χ2v) is 6.23. The third-order valence-electron chi connectivity index (χ3n) is 2.53. The van der Waals surface area contributed by atoms with E-state index in [1.807, 2.05) is 13.0 Å². The first-order valence-corrected chi connectivity index (χ1v) is 7.63. The van der Waals surface area contributed by atoms with Gasteiger partial charge in [-0.05, 0) is 35.8 Å². The Balaban J connectivity index is 2.36. The first-order valence-electron chi connectivity index (χ1n) is 6.02. The number of carbonyl (C=O) groups excluding carboxylic acids is 1. The Morgan fingerprint density at radius 1 is 1.62 bits per heavy atom. The van der Waals surface area contributed by atoms with Gasteiger partial charge in [-0.15, -0.1) is 0 Å². The molecular weight excluding hydrogens is 356 g/mol. The van der Waals surface area contributed by atoms with Gasteiger partial charge in [0.25, 0.3) is 0 Å². The maximum absolute atomic E-state index is 11.9. The molecule has 0 saturated heterocycles. The van der Waals surface area contributed by atoms with Crippen molar-refractivity contribution in [1.29, 1.82) is 5.26 Å². The molecule has 0 aliphatic carbocycles. The number of pyridine rings is 1. The molecule has 0 aliphatic heterocycles. The molecule has 0 amide bonds. The van der Waals surface area contributed by atoms with Gasteiger partial charge in [0, 0.05) is 6.20 Å². The molecule has 2 heterocycles. The summed E-state index contributed by atoms with van der Waals surface area (Å²) in [5.74, 6) is -0.496. The molecular formula is C13H11BrN4O2S. The molecule has 0 radical (unpaired) electrons. The lowest BCUT2D eigenvalue weighted by Crippen LogP contribution is -2.08. The van der Waals surface area contributed by atoms with Crippen molar-refractivity contribution in [1.82, 2.24) is 9.97 Å². The number of rotatable bonds is 4. The van der Waals surface area contributed by atoms with Gasteiger partial charge in [-0.25, -0.2) is 9.78 Å². The second kappa shape index (κ2) is 6.65. The molecule has 0 unspecified atom stereocenters. The third kappa shape index (κ3) is 3.56. The van der Waals surface area contributed by atoms with Crippen LogP contribution in [0.5, 0.6) is 0 Å². The van der Waals surface area contributed by atoms with E-state index in [2.05, 4.69) is 31.2 Å².